The zero-order valence-electron chi connectivity index (χ0n) is 13.1. The fourth-order valence-corrected chi connectivity index (χ4v) is 3.64. The maximum atomic E-state index is 12.3. The Hall–Kier alpha value is -1.99. The van der Waals surface area contributed by atoms with E-state index in [2.05, 4.69) is 19.6 Å². The van der Waals surface area contributed by atoms with Gasteiger partial charge in [-0.3, -0.25) is 0 Å². The second-order valence-electron chi connectivity index (χ2n) is 5.62. The molecule has 1 N–H and O–H groups in total. The number of hydrogen-bond donors (Lipinski definition) is 1. The van der Waals surface area contributed by atoms with E-state index in [9.17, 15) is 8.42 Å². The molecule has 2 heterocycles. The monoisotopic (exact) mass is 332 g/mol. The normalized spacial score (nSPS) is 15.1. The van der Waals surface area contributed by atoms with Gasteiger partial charge in [0.2, 0.25) is 10.0 Å². The second-order valence-corrected chi connectivity index (χ2v) is 7.38. The number of aromatic nitrogens is 2. The molecule has 1 aliphatic heterocycles. The van der Waals surface area contributed by atoms with Crippen LogP contribution in [0.5, 0.6) is 0 Å². The molecule has 7 heteroatoms. The van der Waals surface area contributed by atoms with Gasteiger partial charge < -0.3 is 4.90 Å². The van der Waals surface area contributed by atoms with E-state index in [0.717, 1.165) is 24.6 Å². The fraction of sp³-hybridized carbons (Fsp3) is 0.375. The summed E-state index contributed by atoms with van der Waals surface area (Å²) in [5, 5.41) is 0. The predicted molar refractivity (Wildman–Crippen MR) is 88.7 cm³/mol. The van der Waals surface area contributed by atoms with Gasteiger partial charge >= 0.3 is 0 Å². The SMILES string of the molecule is Cc1cc(N2CCCC2)nc(CNS(=O)(=O)c2ccccc2)n1. The first-order valence-electron chi connectivity index (χ1n) is 7.69. The molecule has 122 valence electrons. The molecule has 0 bridgehead atoms. The van der Waals surface area contributed by atoms with Crippen molar-refractivity contribution in [3.63, 3.8) is 0 Å². The Balaban J connectivity index is 1.75. The molecular weight excluding hydrogens is 312 g/mol. The average molecular weight is 332 g/mol. The topological polar surface area (TPSA) is 75.2 Å². The third-order valence-electron chi connectivity index (χ3n) is 3.79. The minimum absolute atomic E-state index is 0.0831. The summed E-state index contributed by atoms with van der Waals surface area (Å²) in [6.45, 7) is 3.97. The summed E-state index contributed by atoms with van der Waals surface area (Å²) in [5.74, 6) is 1.37. The number of benzene rings is 1. The number of anilines is 1. The lowest BCUT2D eigenvalue weighted by Crippen LogP contribution is -2.25. The minimum atomic E-state index is -3.55. The minimum Gasteiger partial charge on any atom is -0.357 e. The second kappa shape index (κ2) is 6.64. The van der Waals surface area contributed by atoms with Gasteiger partial charge in [0, 0.05) is 24.8 Å². The van der Waals surface area contributed by atoms with E-state index in [1.165, 1.54) is 12.8 Å². The maximum Gasteiger partial charge on any atom is 0.240 e. The van der Waals surface area contributed by atoms with Crippen molar-refractivity contribution < 1.29 is 8.42 Å². The van der Waals surface area contributed by atoms with Gasteiger partial charge in [0.1, 0.15) is 11.6 Å². The van der Waals surface area contributed by atoms with Crippen LogP contribution in [0.2, 0.25) is 0 Å². The Kier molecular flexibility index (Phi) is 4.58. The highest BCUT2D eigenvalue weighted by atomic mass is 32.2. The van der Waals surface area contributed by atoms with Crippen molar-refractivity contribution in [3.8, 4) is 0 Å². The van der Waals surface area contributed by atoms with Crippen LogP contribution < -0.4 is 9.62 Å². The quantitative estimate of drug-likeness (QED) is 0.904. The summed E-state index contributed by atoms with van der Waals surface area (Å²) in [7, 11) is -3.55. The van der Waals surface area contributed by atoms with Crippen LogP contribution in [0.1, 0.15) is 24.4 Å². The van der Waals surface area contributed by atoms with Crippen LogP contribution in [0, 0.1) is 6.92 Å². The first-order chi connectivity index (χ1) is 11.0. The molecule has 6 nitrogen and oxygen atoms in total. The molecule has 2 aromatic rings. The zero-order chi connectivity index (χ0) is 16.3. The fourth-order valence-electron chi connectivity index (χ4n) is 2.64. The molecule has 0 spiro atoms. The van der Waals surface area contributed by atoms with Gasteiger partial charge in [0.25, 0.3) is 0 Å². The van der Waals surface area contributed by atoms with Crippen molar-refractivity contribution in [1.82, 2.24) is 14.7 Å². The van der Waals surface area contributed by atoms with E-state index in [1.807, 2.05) is 13.0 Å². The molecule has 1 fully saturated rings. The Bertz CT molecular complexity index is 772. The van der Waals surface area contributed by atoms with Gasteiger partial charge in [-0.2, -0.15) is 0 Å². The van der Waals surface area contributed by atoms with E-state index in [4.69, 9.17) is 0 Å². The lowest BCUT2D eigenvalue weighted by atomic mass is 10.4. The van der Waals surface area contributed by atoms with Gasteiger partial charge in [-0.05, 0) is 31.9 Å². The molecule has 1 saturated heterocycles. The van der Waals surface area contributed by atoms with E-state index in [-0.39, 0.29) is 11.4 Å². The first-order valence-corrected chi connectivity index (χ1v) is 9.17. The first kappa shape index (κ1) is 15.9. The molecule has 1 aliphatic rings. The molecule has 0 saturated carbocycles. The summed E-state index contributed by atoms with van der Waals surface area (Å²) in [4.78, 5) is 11.3. The molecule has 0 atom stereocenters. The molecule has 0 radical (unpaired) electrons. The number of rotatable bonds is 5. The van der Waals surface area contributed by atoms with Crippen LogP contribution in [-0.4, -0.2) is 31.5 Å². The van der Waals surface area contributed by atoms with Gasteiger partial charge in [0.05, 0.1) is 11.4 Å². The van der Waals surface area contributed by atoms with E-state index >= 15 is 0 Å². The Labute approximate surface area is 136 Å². The Morgan fingerprint density at radius 3 is 2.52 bits per heavy atom. The van der Waals surface area contributed by atoms with Crippen molar-refractivity contribution in [2.45, 2.75) is 31.2 Å². The van der Waals surface area contributed by atoms with Crippen molar-refractivity contribution in [2.24, 2.45) is 0 Å². The maximum absolute atomic E-state index is 12.3. The highest BCUT2D eigenvalue weighted by Crippen LogP contribution is 2.18. The molecule has 3 rings (SSSR count). The molecule has 0 aliphatic carbocycles. The van der Waals surface area contributed by atoms with Crippen LogP contribution in [0.25, 0.3) is 0 Å². The predicted octanol–water partition coefficient (Wildman–Crippen LogP) is 1.86. The number of sulfonamides is 1. The summed E-state index contributed by atoms with van der Waals surface area (Å²) in [6.07, 6.45) is 2.33. The van der Waals surface area contributed by atoms with Crippen molar-refractivity contribution >= 4 is 15.8 Å². The summed E-state index contributed by atoms with van der Waals surface area (Å²) in [6, 6.07) is 10.3. The smallest absolute Gasteiger partial charge is 0.240 e. The van der Waals surface area contributed by atoms with Crippen molar-refractivity contribution in [2.75, 3.05) is 18.0 Å². The third-order valence-corrected chi connectivity index (χ3v) is 5.21. The largest absolute Gasteiger partial charge is 0.357 e. The number of aryl methyl sites for hydroxylation is 1. The lowest BCUT2D eigenvalue weighted by molar-refractivity contribution is 0.579. The zero-order valence-corrected chi connectivity index (χ0v) is 13.9. The molecule has 1 aromatic carbocycles. The third kappa shape index (κ3) is 3.86. The number of hydrogen-bond acceptors (Lipinski definition) is 5. The summed E-state index contributed by atoms with van der Waals surface area (Å²) >= 11 is 0. The highest BCUT2D eigenvalue weighted by molar-refractivity contribution is 7.89. The number of nitrogens with one attached hydrogen (secondary N) is 1. The molecule has 0 unspecified atom stereocenters. The van der Waals surface area contributed by atoms with Crippen molar-refractivity contribution in [1.29, 1.82) is 0 Å². The van der Waals surface area contributed by atoms with Gasteiger partial charge in [-0.1, -0.05) is 18.2 Å². The lowest BCUT2D eigenvalue weighted by Gasteiger charge is -2.17. The van der Waals surface area contributed by atoms with E-state index < -0.39 is 10.0 Å². The van der Waals surface area contributed by atoms with E-state index in [0.29, 0.717) is 5.82 Å². The van der Waals surface area contributed by atoms with Gasteiger partial charge in [0.15, 0.2) is 0 Å². The molecule has 0 amide bonds. The molecular formula is C16H20N4O2S. The summed E-state index contributed by atoms with van der Waals surface area (Å²) in [5.41, 5.74) is 0.843. The van der Waals surface area contributed by atoms with E-state index in [1.54, 1.807) is 30.3 Å². The van der Waals surface area contributed by atoms with Crippen molar-refractivity contribution in [3.05, 3.63) is 47.9 Å². The van der Waals surface area contributed by atoms with Crippen LogP contribution >= 0.6 is 0 Å². The average Bonchev–Trinajstić information content (AvgIpc) is 3.08. The van der Waals surface area contributed by atoms with Crippen LogP contribution in [0.4, 0.5) is 5.82 Å². The van der Waals surface area contributed by atoms with Gasteiger partial charge in [-0.25, -0.2) is 23.1 Å². The standard InChI is InChI=1S/C16H20N4O2S/c1-13-11-16(20-9-5-6-10-20)19-15(18-13)12-17-23(21,22)14-7-3-2-4-8-14/h2-4,7-8,11,17H,5-6,9-10,12H2,1H3. The molecule has 1 aromatic heterocycles. The van der Waals surface area contributed by atoms with Crippen LogP contribution in [-0.2, 0) is 16.6 Å². The Morgan fingerprint density at radius 2 is 1.83 bits per heavy atom. The number of nitrogens with zero attached hydrogens (tertiary/aromatic N) is 3. The highest BCUT2D eigenvalue weighted by Gasteiger charge is 2.17. The summed E-state index contributed by atoms with van der Waals surface area (Å²) < 4.78 is 27.1. The van der Waals surface area contributed by atoms with Gasteiger partial charge in [-0.15, -0.1) is 0 Å². The molecule has 23 heavy (non-hydrogen) atoms. The Morgan fingerprint density at radius 1 is 1.13 bits per heavy atom. The van der Waals surface area contributed by atoms with Crippen LogP contribution in [0.3, 0.4) is 0 Å². The van der Waals surface area contributed by atoms with Crippen LogP contribution in [0.15, 0.2) is 41.3 Å².